The number of benzene rings is 2. The summed E-state index contributed by atoms with van der Waals surface area (Å²) in [4.78, 5) is 30.1. The minimum Gasteiger partial charge on any atom is -0.447 e. The van der Waals surface area contributed by atoms with E-state index in [2.05, 4.69) is 20.7 Å². The molecule has 0 saturated heterocycles. The van der Waals surface area contributed by atoms with E-state index in [4.69, 9.17) is 9.47 Å². The maximum Gasteiger partial charge on any atom is 0.411 e. The first kappa shape index (κ1) is 22.2. The zero-order chi connectivity index (χ0) is 23.0. The minimum absolute atomic E-state index is 0.0274. The lowest BCUT2D eigenvalue weighted by molar-refractivity contribution is 0.101. The second-order valence-electron chi connectivity index (χ2n) is 6.77. The normalized spacial score (nSPS) is 10.6. The number of thiophene rings is 1. The monoisotopic (exact) mass is 463 g/mol. The zero-order valence-electron chi connectivity index (χ0n) is 17.7. The lowest BCUT2D eigenvalue weighted by Gasteiger charge is -2.08. The molecule has 0 fully saturated rings. The van der Waals surface area contributed by atoms with Crippen molar-refractivity contribution in [1.82, 2.24) is 14.8 Å². The van der Waals surface area contributed by atoms with Crippen molar-refractivity contribution in [2.24, 2.45) is 0 Å². The second-order valence-corrected chi connectivity index (χ2v) is 7.72. The van der Waals surface area contributed by atoms with Crippen LogP contribution in [-0.2, 0) is 9.47 Å². The third-order valence-corrected chi connectivity index (χ3v) is 5.31. The first-order valence-electron chi connectivity index (χ1n) is 10.0. The van der Waals surface area contributed by atoms with Gasteiger partial charge in [0.05, 0.1) is 17.2 Å². The highest BCUT2D eigenvalue weighted by molar-refractivity contribution is 7.13. The Morgan fingerprint density at radius 3 is 2.48 bits per heavy atom. The highest BCUT2D eigenvalue weighted by Crippen LogP contribution is 2.26. The summed E-state index contributed by atoms with van der Waals surface area (Å²) in [5.41, 5.74) is 1.74. The zero-order valence-corrected chi connectivity index (χ0v) is 18.5. The van der Waals surface area contributed by atoms with Gasteiger partial charge in [-0.1, -0.05) is 30.3 Å². The van der Waals surface area contributed by atoms with Crippen molar-refractivity contribution in [3.05, 3.63) is 77.9 Å². The van der Waals surface area contributed by atoms with Gasteiger partial charge in [-0.3, -0.25) is 10.1 Å². The molecule has 0 aliphatic carbocycles. The molecule has 4 aromatic rings. The molecule has 168 valence electrons. The molecule has 2 N–H and O–H groups in total. The number of rotatable bonds is 8. The smallest absolute Gasteiger partial charge is 0.411 e. The van der Waals surface area contributed by atoms with Crippen molar-refractivity contribution < 1.29 is 19.1 Å². The Morgan fingerprint density at radius 1 is 0.970 bits per heavy atom. The van der Waals surface area contributed by atoms with E-state index >= 15 is 0 Å². The van der Waals surface area contributed by atoms with Crippen molar-refractivity contribution in [3.63, 3.8) is 0 Å². The molecule has 2 amide bonds. The number of nitrogens with zero attached hydrogens (tertiary/aromatic N) is 3. The van der Waals surface area contributed by atoms with Crippen LogP contribution in [0.5, 0.6) is 0 Å². The summed E-state index contributed by atoms with van der Waals surface area (Å²) in [7, 11) is 1.52. The Morgan fingerprint density at radius 2 is 1.76 bits per heavy atom. The lowest BCUT2D eigenvalue weighted by atomic mass is 10.2. The Kier molecular flexibility index (Phi) is 7.08. The fourth-order valence-corrected chi connectivity index (χ4v) is 3.65. The third-order valence-electron chi connectivity index (χ3n) is 4.44. The first-order chi connectivity index (χ1) is 16.1. The number of para-hydroxylation sites is 1. The summed E-state index contributed by atoms with van der Waals surface area (Å²) in [5.74, 6) is 0.137. The number of hydrogen-bond donors (Lipinski definition) is 2. The van der Waals surface area contributed by atoms with Gasteiger partial charge in [0.1, 0.15) is 6.61 Å². The van der Waals surface area contributed by atoms with Crippen LogP contribution in [-0.4, -0.2) is 47.1 Å². The van der Waals surface area contributed by atoms with Gasteiger partial charge in [0.25, 0.3) is 5.91 Å². The van der Waals surface area contributed by atoms with Crippen molar-refractivity contribution in [2.45, 2.75) is 0 Å². The topological polar surface area (TPSA) is 107 Å². The summed E-state index contributed by atoms with van der Waals surface area (Å²) in [6.07, 6.45) is -0.612. The van der Waals surface area contributed by atoms with E-state index in [1.54, 1.807) is 28.9 Å². The average Bonchev–Trinajstić information content (AvgIpc) is 3.50. The van der Waals surface area contributed by atoms with Crippen LogP contribution in [0.2, 0.25) is 0 Å². The van der Waals surface area contributed by atoms with Gasteiger partial charge in [0.2, 0.25) is 5.82 Å². The van der Waals surface area contributed by atoms with Crippen LogP contribution >= 0.6 is 11.3 Å². The molecule has 33 heavy (non-hydrogen) atoms. The molecule has 2 aromatic carbocycles. The van der Waals surface area contributed by atoms with E-state index in [1.165, 1.54) is 18.4 Å². The molecule has 0 unspecified atom stereocenters. The lowest BCUT2D eigenvalue weighted by Crippen LogP contribution is -2.17. The first-order valence-corrected chi connectivity index (χ1v) is 10.9. The molecule has 10 heteroatoms. The van der Waals surface area contributed by atoms with Gasteiger partial charge < -0.3 is 14.8 Å². The van der Waals surface area contributed by atoms with E-state index in [-0.39, 0.29) is 12.4 Å². The molecular weight excluding hydrogens is 442 g/mol. The van der Waals surface area contributed by atoms with Gasteiger partial charge in [0, 0.05) is 18.5 Å². The van der Waals surface area contributed by atoms with Crippen LogP contribution in [0.3, 0.4) is 0 Å². The van der Waals surface area contributed by atoms with Gasteiger partial charge in [-0.15, -0.1) is 16.4 Å². The molecule has 0 radical (unpaired) electrons. The summed E-state index contributed by atoms with van der Waals surface area (Å²) < 4.78 is 11.5. The molecule has 4 rings (SSSR count). The van der Waals surface area contributed by atoms with Crippen molar-refractivity contribution in [1.29, 1.82) is 0 Å². The van der Waals surface area contributed by atoms with Crippen molar-refractivity contribution in [2.75, 3.05) is 31.0 Å². The standard InChI is InChI=1S/C23H21N5O4S/c1-31-12-13-32-23(30)25-17-8-5-7-16(15-17)24-22(29)20-26-21(19-11-6-14-33-19)28(27-20)18-9-3-2-4-10-18/h2-11,14-15H,12-13H2,1H3,(H,24,29)(H,25,30). The number of ether oxygens (including phenoxy) is 2. The molecular formula is C23H21N5O4S. The predicted molar refractivity (Wildman–Crippen MR) is 126 cm³/mol. The summed E-state index contributed by atoms with van der Waals surface area (Å²) >= 11 is 1.51. The molecule has 9 nitrogen and oxygen atoms in total. The Hall–Kier alpha value is -4.02. The van der Waals surface area contributed by atoms with Crippen LogP contribution in [0.4, 0.5) is 16.2 Å². The summed E-state index contributed by atoms with van der Waals surface area (Å²) in [6.45, 7) is 0.445. The fraction of sp³-hybridized carbons (Fsp3) is 0.130. The number of hydrogen-bond acceptors (Lipinski definition) is 7. The number of aromatic nitrogens is 3. The fourth-order valence-electron chi connectivity index (χ4n) is 2.96. The molecule has 2 aromatic heterocycles. The maximum absolute atomic E-state index is 12.9. The van der Waals surface area contributed by atoms with E-state index in [1.807, 2.05) is 47.8 Å². The highest BCUT2D eigenvalue weighted by Gasteiger charge is 2.19. The predicted octanol–water partition coefficient (Wildman–Crippen LogP) is 4.44. The van der Waals surface area contributed by atoms with Gasteiger partial charge in [-0.2, -0.15) is 0 Å². The summed E-state index contributed by atoms with van der Waals surface area (Å²) in [6, 6.07) is 20.0. The number of methoxy groups -OCH3 is 1. The minimum atomic E-state index is -0.612. The van der Waals surface area contributed by atoms with Gasteiger partial charge >= 0.3 is 6.09 Å². The van der Waals surface area contributed by atoms with Gasteiger partial charge in [0.15, 0.2) is 5.82 Å². The number of anilines is 2. The molecule has 0 atom stereocenters. The Balaban J connectivity index is 1.52. The molecule has 0 spiro atoms. The van der Waals surface area contributed by atoms with Crippen LogP contribution in [0.1, 0.15) is 10.6 Å². The number of carbonyl (C=O) groups is 2. The number of carbonyl (C=O) groups excluding carboxylic acids is 2. The Bertz CT molecular complexity index is 1220. The third kappa shape index (κ3) is 5.62. The van der Waals surface area contributed by atoms with E-state index < -0.39 is 12.0 Å². The molecule has 2 heterocycles. The maximum atomic E-state index is 12.9. The van der Waals surface area contributed by atoms with E-state index in [0.717, 1.165) is 10.6 Å². The van der Waals surface area contributed by atoms with E-state index in [9.17, 15) is 9.59 Å². The van der Waals surface area contributed by atoms with Crippen LogP contribution < -0.4 is 10.6 Å². The highest BCUT2D eigenvalue weighted by atomic mass is 32.1. The molecule has 0 bridgehead atoms. The molecule has 0 saturated carbocycles. The van der Waals surface area contributed by atoms with Gasteiger partial charge in [-0.25, -0.2) is 14.5 Å². The van der Waals surface area contributed by atoms with Crippen LogP contribution in [0, 0.1) is 0 Å². The van der Waals surface area contributed by atoms with Crippen molar-refractivity contribution >= 4 is 34.7 Å². The SMILES string of the molecule is COCCOC(=O)Nc1cccc(NC(=O)c2nc(-c3cccs3)n(-c3ccccc3)n2)c1. The molecule has 0 aliphatic rings. The quantitative estimate of drug-likeness (QED) is 0.374. The largest absolute Gasteiger partial charge is 0.447 e. The second kappa shape index (κ2) is 10.5. The van der Waals surface area contributed by atoms with Crippen molar-refractivity contribution in [3.8, 4) is 16.4 Å². The van der Waals surface area contributed by atoms with Crippen LogP contribution in [0.25, 0.3) is 16.4 Å². The van der Waals surface area contributed by atoms with Gasteiger partial charge in [-0.05, 0) is 41.8 Å². The van der Waals surface area contributed by atoms with Crippen LogP contribution in [0.15, 0.2) is 72.1 Å². The molecule has 0 aliphatic heterocycles. The summed E-state index contributed by atoms with van der Waals surface area (Å²) in [5, 5.41) is 11.8. The average molecular weight is 464 g/mol. The number of nitrogens with one attached hydrogen (secondary N) is 2. The Labute approximate surface area is 194 Å². The van der Waals surface area contributed by atoms with E-state index in [0.29, 0.717) is 23.8 Å². The number of amides is 2.